The fourth-order valence-corrected chi connectivity index (χ4v) is 2.65. The van der Waals surface area contributed by atoms with Gasteiger partial charge in [0.05, 0.1) is 6.04 Å². The Morgan fingerprint density at radius 3 is 2.60 bits per heavy atom. The minimum Gasteiger partial charge on any atom is -0.320 e. The number of nitrogens with two attached hydrogens (primary N) is 1. The number of halogens is 2. The average Bonchev–Trinajstić information content (AvgIpc) is 2.69. The van der Waals surface area contributed by atoms with Crippen LogP contribution in [-0.2, 0) is 0 Å². The lowest BCUT2D eigenvalue weighted by molar-refractivity contribution is 0.894. The van der Waals surface area contributed by atoms with Gasteiger partial charge in [-0.2, -0.15) is 0 Å². The van der Waals surface area contributed by atoms with Crippen LogP contribution in [0.3, 0.4) is 0 Å². The van der Waals surface area contributed by atoms with Crippen LogP contribution >= 0.6 is 34.5 Å². The van der Waals surface area contributed by atoms with Crippen LogP contribution in [0, 0.1) is 0 Å². The molecule has 0 fully saturated rings. The first-order chi connectivity index (χ1) is 7.18. The van der Waals surface area contributed by atoms with Crippen LogP contribution in [0.1, 0.15) is 16.5 Å². The smallest absolute Gasteiger partial charge is 0.0660 e. The van der Waals surface area contributed by atoms with Crippen LogP contribution in [-0.4, -0.2) is 0 Å². The lowest BCUT2D eigenvalue weighted by Gasteiger charge is -2.11. The van der Waals surface area contributed by atoms with E-state index in [-0.39, 0.29) is 6.04 Å². The number of hydrogen-bond acceptors (Lipinski definition) is 2. The first kappa shape index (κ1) is 11.0. The van der Waals surface area contributed by atoms with E-state index in [1.807, 2.05) is 23.6 Å². The van der Waals surface area contributed by atoms with Crippen molar-refractivity contribution >= 4 is 34.5 Å². The summed E-state index contributed by atoms with van der Waals surface area (Å²) in [5.41, 5.74) is 7.00. The van der Waals surface area contributed by atoms with Crippen molar-refractivity contribution in [3.8, 4) is 0 Å². The molecule has 0 saturated heterocycles. The standard InChI is InChI=1S/C11H9Cl2NS/c12-7-3-4-8(9(13)6-7)11(14)10-2-1-5-15-10/h1-6,11H,14H2/t11-/m1/s1. The molecule has 2 rings (SSSR count). The fraction of sp³-hybridized carbons (Fsp3) is 0.0909. The lowest BCUT2D eigenvalue weighted by atomic mass is 10.1. The second-order valence-corrected chi connectivity index (χ2v) is 4.98. The summed E-state index contributed by atoms with van der Waals surface area (Å²) in [6, 6.07) is 9.19. The number of benzene rings is 1. The van der Waals surface area contributed by atoms with Gasteiger partial charge in [-0.1, -0.05) is 35.3 Å². The molecule has 2 aromatic rings. The highest BCUT2D eigenvalue weighted by Gasteiger charge is 2.13. The third-order valence-corrected chi connectivity index (χ3v) is 3.67. The Hall–Kier alpha value is -0.540. The summed E-state index contributed by atoms with van der Waals surface area (Å²) in [5, 5.41) is 3.24. The van der Waals surface area contributed by atoms with Gasteiger partial charge in [0.2, 0.25) is 0 Å². The summed E-state index contributed by atoms with van der Waals surface area (Å²) in [5.74, 6) is 0. The Balaban J connectivity index is 2.38. The molecule has 1 aromatic heterocycles. The summed E-state index contributed by atoms with van der Waals surface area (Å²) < 4.78 is 0. The molecule has 0 aliphatic rings. The third kappa shape index (κ3) is 2.34. The van der Waals surface area contributed by atoms with Crippen molar-refractivity contribution in [2.24, 2.45) is 5.73 Å². The summed E-state index contributed by atoms with van der Waals surface area (Å²) in [4.78, 5) is 1.10. The van der Waals surface area contributed by atoms with Gasteiger partial charge in [-0.25, -0.2) is 0 Å². The van der Waals surface area contributed by atoms with Gasteiger partial charge in [-0.15, -0.1) is 11.3 Å². The SMILES string of the molecule is N[C@@H](c1cccs1)c1ccc(Cl)cc1Cl. The van der Waals surface area contributed by atoms with Gasteiger partial charge in [0, 0.05) is 14.9 Å². The summed E-state index contributed by atoms with van der Waals surface area (Å²) in [6.45, 7) is 0. The van der Waals surface area contributed by atoms with Crippen molar-refractivity contribution in [3.05, 3.63) is 56.2 Å². The van der Waals surface area contributed by atoms with Crippen LogP contribution < -0.4 is 5.73 Å². The molecule has 0 amide bonds. The molecule has 0 saturated carbocycles. The van der Waals surface area contributed by atoms with Crippen LogP contribution in [0.5, 0.6) is 0 Å². The van der Waals surface area contributed by atoms with Gasteiger partial charge in [-0.05, 0) is 29.1 Å². The van der Waals surface area contributed by atoms with Crippen molar-refractivity contribution < 1.29 is 0 Å². The largest absolute Gasteiger partial charge is 0.320 e. The van der Waals surface area contributed by atoms with Gasteiger partial charge >= 0.3 is 0 Å². The van der Waals surface area contributed by atoms with Gasteiger partial charge in [0.25, 0.3) is 0 Å². The highest BCUT2D eigenvalue weighted by Crippen LogP contribution is 2.30. The molecule has 0 unspecified atom stereocenters. The van der Waals surface area contributed by atoms with Crippen molar-refractivity contribution in [2.45, 2.75) is 6.04 Å². The van der Waals surface area contributed by atoms with Crippen LogP contribution in [0.15, 0.2) is 35.7 Å². The molecule has 1 atom stereocenters. The summed E-state index contributed by atoms with van der Waals surface area (Å²) in [7, 11) is 0. The molecule has 1 aromatic carbocycles. The van der Waals surface area contributed by atoms with E-state index in [1.165, 1.54) is 0 Å². The molecular weight excluding hydrogens is 249 g/mol. The number of thiophene rings is 1. The maximum Gasteiger partial charge on any atom is 0.0660 e. The van der Waals surface area contributed by atoms with Crippen LogP contribution in [0.2, 0.25) is 10.0 Å². The van der Waals surface area contributed by atoms with E-state index in [4.69, 9.17) is 28.9 Å². The van der Waals surface area contributed by atoms with E-state index in [2.05, 4.69) is 0 Å². The van der Waals surface area contributed by atoms with E-state index >= 15 is 0 Å². The van der Waals surface area contributed by atoms with E-state index < -0.39 is 0 Å². The second kappa shape index (κ2) is 4.54. The molecule has 0 aliphatic carbocycles. The fourth-order valence-electron chi connectivity index (χ4n) is 1.38. The zero-order valence-corrected chi connectivity index (χ0v) is 10.1. The molecule has 0 bridgehead atoms. The second-order valence-electron chi connectivity index (χ2n) is 3.16. The maximum absolute atomic E-state index is 6.09. The van der Waals surface area contributed by atoms with E-state index in [0.29, 0.717) is 10.0 Å². The topological polar surface area (TPSA) is 26.0 Å². The highest BCUT2D eigenvalue weighted by atomic mass is 35.5. The van der Waals surface area contributed by atoms with Crippen molar-refractivity contribution in [2.75, 3.05) is 0 Å². The minimum absolute atomic E-state index is 0.172. The van der Waals surface area contributed by atoms with E-state index in [0.717, 1.165) is 10.4 Å². The molecule has 78 valence electrons. The van der Waals surface area contributed by atoms with Crippen molar-refractivity contribution in [1.29, 1.82) is 0 Å². The van der Waals surface area contributed by atoms with Gasteiger partial charge in [0.1, 0.15) is 0 Å². The molecule has 0 spiro atoms. The quantitative estimate of drug-likeness (QED) is 0.862. The highest BCUT2D eigenvalue weighted by molar-refractivity contribution is 7.10. The first-order valence-electron chi connectivity index (χ1n) is 4.42. The Bertz CT molecular complexity index is 454. The van der Waals surface area contributed by atoms with Crippen LogP contribution in [0.25, 0.3) is 0 Å². The summed E-state index contributed by atoms with van der Waals surface area (Å²) in [6.07, 6.45) is 0. The third-order valence-electron chi connectivity index (χ3n) is 2.15. The van der Waals surface area contributed by atoms with Gasteiger partial charge in [0.15, 0.2) is 0 Å². The molecule has 2 N–H and O–H groups in total. The predicted molar refractivity (Wildman–Crippen MR) is 66.8 cm³/mol. The molecule has 0 radical (unpaired) electrons. The van der Waals surface area contributed by atoms with Gasteiger partial charge in [-0.3, -0.25) is 0 Å². The lowest BCUT2D eigenvalue weighted by Crippen LogP contribution is -2.10. The van der Waals surface area contributed by atoms with Crippen molar-refractivity contribution in [1.82, 2.24) is 0 Å². The number of rotatable bonds is 2. The van der Waals surface area contributed by atoms with Crippen molar-refractivity contribution in [3.63, 3.8) is 0 Å². The van der Waals surface area contributed by atoms with Gasteiger partial charge < -0.3 is 5.73 Å². The molecule has 1 heterocycles. The Labute approximate surface area is 102 Å². The average molecular weight is 258 g/mol. The Morgan fingerprint density at radius 2 is 2.00 bits per heavy atom. The molecule has 1 nitrogen and oxygen atoms in total. The first-order valence-corrected chi connectivity index (χ1v) is 6.06. The Kier molecular flexibility index (Phi) is 3.32. The zero-order valence-electron chi connectivity index (χ0n) is 7.78. The molecular formula is C11H9Cl2NS. The normalized spacial score (nSPS) is 12.7. The summed E-state index contributed by atoms with van der Waals surface area (Å²) >= 11 is 13.5. The molecule has 0 aliphatic heterocycles. The zero-order chi connectivity index (χ0) is 10.8. The number of hydrogen-bond donors (Lipinski definition) is 1. The van der Waals surface area contributed by atoms with Crippen LogP contribution in [0.4, 0.5) is 0 Å². The minimum atomic E-state index is -0.172. The molecule has 15 heavy (non-hydrogen) atoms. The molecule has 4 heteroatoms. The Morgan fingerprint density at radius 1 is 1.20 bits per heavy atom. The van der Waals surface area contributed by atoms with E-state index in [1.54, 1.807) is 23.5 Å². The maximum atomic E-state index is 6.09. The predicted octanol–water partition coefficient (Wildman–Crippen LogP) is 4.10. The monoisotopic (exact) mass is 257 g/mol. The van der Waals surface area contributed by atoms with E-state index in [9.17, 15) is 0 Å².